The molecule has 0 N–H and O–H groups in total. The number of rotatable bonds is 5. The lowest BCUT2D eigenvalue weighted by Crippen LogP contribution is -2.21. The van der Waals surface area contributed by atoms with E-state index in [-0.39, 0.29) is 5.91 Å². The van der Waals surface area contributed by atoms with Crippen molar-refractivity contribution in [1.82, 2.24) is 0 Å². The molecule has 1 heterocycles. The Morgan fingerprint density at radius 3 is 2.41 bits per heavy atom. The highest BCUT2D eigenvalue weighted by atomic mass is 16.5. The van der Waals surface area contributed by atoms with Crippen molar-refractivity contribution in [2.24, 2.45) is 5.10 Å². The van der Waals surface area contributed by atoms with Crippen molar-refractivity contribution in [2.45, 2.75) is 20.5 Å². The van der Waals surface area contributed by atoms with Gasteiger partial charge < -0.3 is 4.74 Å². The molecular formula is C25H22N2O2. The molecule has 3 aromatic rings. The first-order valence-electron chi connectivity index (χ1n) is 9.55. The number of nitrogens with zero attached hydrogens (tertiary/aromatic N) is 2. The highest BCUT2D eigenvalue weighted by Crippen LogP contribution is 2.25. The fourth-order valence-corrected chi connectivity index (χ4v) is 3.22. The first kappa shape index (κ1) is 18.7. The Hall–Kier alpha value is -3.66. The molecule has 4 heteroatoms. The summed E-state index contributed by atoms with van der Waals surface area (Å²) in [4.78, 5) is 12.8. The van der Waals surface area contributed by atoms with Crippen LogP contribution in [-0.2, 0) is 11.4 Å². The molecule has 1 aliphatic rings. The molecule has 0 aliphatic carbocycles. The summed E-state index contributed by atoms with van der Waals surface area (Å²) in [5, 5.41) is 5.86. The molecule has 0 fully saturated rings. The zero-order chi connectivity index (χ0) is 20.2. The van der Waals surface area contributed by atoms with Gasteiger partial charge in [0.05, 0.1) is 17.0 Å². The second-order valence-corrected chi connectivity index (χ2v) is 7.04. The van der Waals surface area contributed by atoms with Crippen LogP contribution in [-0.4, -0.2) is 11.6 Å². The van der Waals surface area contributed by atoms with Crippen LogP contribution >= 0.6 is 0 Å². The maximum absolute atomic E-state index is 12.8. The highest BCUT2D eigenvalue weighted by molar-refractivity contribution is 6.32. The van der Waals surface area contributed by atoms with E-state index >= 15 is 0 Å². The van der Waals surface area contributed by atoms with Gasteiger partial charge in [-0.3, -0.25) is 4.79 Å². The molecule has 0 radical (unpaired) electrons. The van der Waals surface area contributed by atoms with E-state index in [0.29, 0.717) is 17.9 Å². The van der Waals surface area contributed by atoms with Crippen molar-refractivity contribution in [1.29, 1.82) is 0 Å². The van der Waals surface area contributed by atoms with Crippen LogP contribution in [0.5, 0.6) is 5.75 Å². The SMILES string of the molecule is CC1=NN(c2ccccc2)C(=O)/C1=C\c1ccc(OCc2cccc(C)c2)cc1. The number of carbonyl (C=O) groups is 1. The summed E-state index contributed by atoms with van der Waals surface area (Å²) in [6, 6.07) is 25.5. The Kier molecular flexibility index (Phi) is 5.25. The summed E-state index contributed by atoms with van der Waals surface area (Å²) in [6.45, 7) is 4.45. The van der Waals surface area contributed by atoms with Gasteiger partial charge in [-0.2, -0.15) is 10.1 Å². The zero-order valence-corrected chi connectivity index (χ0v) is 16.5. The van der Waals surface area contributed by atoms with Crippen LogP contribution in [0.1, 0.15) is 23.6 Å². The van der Waals surface area contributed by atoms with Crippen LogP contribution in [0.15, 0.2) is 89.5 Å². The van der Waals surface area contributed by atoms with E-state index in [1.165, 1.54) is 10.6 Å². The molecule has 0 saturated carbocycles. The minimum atomic E-state index is -0.117. The van der Waals surface area contributed by atoms with Gasteiger partial charge in [0.2, 0.25) is 0 Å². The van der Waals surface area contributed by atoms with Gasteiger partial charge in [0.25, 0.3) is 5.91 Å². The van der Waals surface area contributed by atoms with Crippen LogP contribution < -0.4 is 9.75 Å². The normalized spacial score (nSPS) is 15.0. The second-order valence-electron chi connectivity index (χ2n) is 7.04. The zero-order valence-electron chi connectivity index (χ0n) is 16.5. The van der Waals surface area contributed by atoms with Crippen molar-refractivity contribution >= 4 is 23.4 Å². The van der Waals surface area contributed by atoms with Crippen LogP contribution in [0.25, 0.3) is 6.08 Å². The monoisotopic (exact) mass is 382 g/mol. The number of amides is 1. The molecule has 3 aromatic carbocycles. The highest BCUT2D eigenvalue weighted by Gasteiger charge is 2.28. The van der Waals surface area contributed by atoms with Gasteiger partial charge in [-0.05, 0) is 55.3 Å². The second kappa shape index (κ2) is 8.15. The van der Waals surface area contributed by atoms with Gasteiger partial charge >= 0.3 is 0 Å². The van der Waals surface area contributed by atoms with Crippen molar-refractivity contribution in [2.75, 3.05) is 5.01 Å². The van der Waals surface area contributed by atoms with Gasteiger partial charge in [0, 0.05) is 0 Å². The van der Waals surface area contributed by atoms with Crippen molar-refractivity contribution in [3.8, 4) is 5.75 Å². The minimum absolute atomic E-state index is 0.117. The molecule has 4 nitrogen and oxygen atoms in total. The molecule has 1 amide bonds. The molecule has 144 valence electrons. The quantitative estimate of drug-likeness (QED) is 0.556. The van der Waals surface area contributed by atoms with Gasteiger partial charge in [-0.1, -0.05) is 60.2 Å². The smallest absolute Gasteiger partial charge is 0.280 e. The summed E-state index contributed by atoms with van der Waals surface area (Å²) < 4.78 is 5.87. The molecular weight excluding hydrogens is 360 g/mol. The Labute approximate surface area is 170 Å². The van der Waals surface area contributed by atoms with Gasteiger partial charge in [-0.15, -0.1) is 0 Å². The maximum Gasteiger partial charge on any atom is 0.280 e. The summed E-state index contributed by atoms with van der Waals surface area (Å²) >= 11 is 0. The number of para-hydroxylation sites is 1. The van der Waals surface area contributed by atoms with E-state index in [4.69, 9.17) is 4.74 Å². The Balaban J connectivity index is 1.46. The number of hydrogen-bond donors (Lipinski definition) is 0. The summed E-state index contributed by atoms with van der Waals surface area (Å²) in [6.07, 6.45) is 1.87. The number of anilines is 1. The summed E-state index contributed by atoms with van der Waals surface area (Å²) in [7, 11) is 0. The molecule has 0 unspecified atom stereocenters. The molecule has 0 aromatic heterocycles. The number of carbonyl (C=O) groups excluding carboxylic acids is 1. The van der Waals surface area contributed by atoms with E-state index in [9.17, 15) is 4.79 Å². The number of aryl methyl sites for hydroxylation is 1. The molecule has 4 rings (SSSR count). The first-order valence-corrected chi connectivity index (χ1v) is 9.55. The van der Waals surface area contributed by atoms with Crippen LogP contribution in [0, 0.1) is 6.92 Å². The van der Waals surface area contributed by atoms with Gasteiger partial charge in [0.1, 0.15) is 12.4 Å². The Morgan fingerprint density at radius 2 is 1.69 bits per heavy atom. The third-order valence-electron chi connectivity index (χ3n) is 4.74. The van der Waals surface area contributed by atoms with Crippen molar-refractivity contribution in [3.63, 3.8) is 0 Å². The average Bonchev–Trinajstić information content (AvgIpc) is 3.02. The van der Waals surface area contributed by atoms with E-state index in [1.807, 2.05) is 73.7 Å². The molecule has 0 spiro atoms. The average molecular weight is 382 g/mol. The lowest BCUT2D eigenvalue weighted by atomic mass is 10.1. The van der Waals surface area contributed by atoms with Crippen molar-refractivity contribution in [3.05, 3.63) is 101 Å². The predicted octanol–water partition coefficient (Wildman–Crippen LogP) is 5.38. The van der Waals surface area contributed by atoms with Crippen LogP contribution in [0.3, 0.4) is 0 Å². The third-order valence-corrected chi connectivity index (χ3v) is 4.74. The Bertz CT molecular complexity index is 1080. The Morgan fingerprint density at radius 1 is 0.931 bits per heavy atom. The number of ether oxygens (including phenoxy) is 1. The molecule has 0 atom stereocenters. The lowest BCUT2D eigenvalue weighted by molar-refractivity contribution is -0.114. The third kappa shape index (κ3) is 4.27. The first-order chi connectivity index (χ1) is 14.1. The molecule has 29 heavy (non-hydrogen) atoms. The lowest BCUT2D eigenvalue weighted by Gasteiger charge is -2.11. The van der Waals surface area contributed by atoms with E-state index in [2.05, 4.69) is 30.2 Å². The standard InChI is InChI=1S/C25H22N2O2/c1-18-7-6-8-21(15-18)17-29-23-13-11-20(12-14-23)16-24-19(2)26-27(25(24)28)22-9-4-3-5-10-22/h3-16H,17H2,1-2H3/b24-16-. The fourth-order valence-electron chi connectivity index (χ4n) is 3.22. The fraction of sp³-hybridized carbons (Fsp3) is 0.120. The van der Waals surface area contributed by atoms with E-state index in [0.717, 1.165) is 22.6 Å². The number of hydrazone groups is 1. The number of hydrogen-bond acceptors (Lipinski definition) is 3. The number of benzene rings is 3. The largest absolute Gasteiger partial charge is 0.489 e. The summed E-state index contributed by atoms with van der Waals surface area (Å²) in [5.74, 6) is 0.677. The van der Waals surface area contributed by atoms with E-state index in [1.54, 1.807) is 0 Å². The summed E-state index contributed by atoms with van der Waals surface area (Å²) in [5.41, 5.74) is 5.36. The van der Waals surface area contributed by atoms with Gasteiger partial charge in [-0.25, -0.2) is 0 Å². The minimum Gasteiger partial charge on any atom is -0.489 e. The van der Waals surface area contributed by atoms with Crippen LogP contribution in [0.2, 0.25) is 0 Å². The van der Waals surface area contributed by atoms with E-state index < -0.39 is 0 Å². The maximum atomic E-state index is 12.8. The predicted molar refractivity (Wildman–Crippen MR) is 117 cm³/mol. The topological polar surface area (TPSA) is 41.9 Å². The molecule has 0 bridgehead atoms. The van der Waals surface area contributed by atoms with Gasteiger partial charge in [0.15, 0.2) is 0 Å². The molecule has 0 saturated heterocycles. The molecule has 1 aliphatic heterocycles. The van der Waals surface area contributed by atoms with Crippen LogP contribution in [0.4, 0.5) is 5.69 Å². The van der Waals surface area contributed by atoms with Crippen molar-refractivity contribution < 1.29 is 9.53 Å².